The summed E-state index contributed by atoms with van der Waals surface area (Å²) in [4.78, 5) is 11.1. The molecule has 1 aromatic carbocycles. The molecule has 0 N–H and O–H groups in total. The molecule has 0 saturated carbocycles. The highest BCUT2D eigenvalue weighted by molar-refractivity contribution is 6.36. The highest BCUT2D eigenvalue weighted by Crippen LogP contribution is 2.31. The largest absolute Gasteiger partial charge is 0.451 e. The topological polar surface area (TPSA) is 30.2 Å². The van der Waals surface area contributed by atoms with E-state index < -0.39 is 16.9 Å². The zero-order valence-electron chi connectivity index (χ0n) is 7.64. The molecule has 16 heavy (non-hydrogen) atoms. The fraction of sp³-hybridized carbons (Fsp3) is 0.100. The summed E-state index contributed by atoms with van der Waals surface area (Å²) < 4.78 is 30.0. The summed E-state index contributed by atoms with van der Waals surface area (Å²) in [5.74, 6) is -2.09. The lowest BCUT2D eigenvalue weighted by atomic mass is 10.2. The summed E-state index contributed by atoms with van der Waals surface area (Å²) in [5.41, 5.74) is 0.188. The fourth-order valence-corrected chi connectivity index (χ4v) is 1.59. The van der Waals surface area contributed by atoms with Gasteiger partial charge in [-0.1, -0.05) is 23.7 Å². The summed E-state index contributed by atoms with van der Waals surface area (Å²) in [7, 11) is 0. The number of alkyl halides is 3. The van der Waals surface area contributed by atoms with Crippen molar-refractivity contribution in [2.75, 3.05) is 0 Å². The van der Waals surface area contributed by atoms with Crippen LogP contribution in [-0.4, -0.2) is 11.2 Å². The lowest BCUT2D eigenvalue weighted by molar-refractivity contribution is 0.0508. The summed E-state index contributed by atoms with van der Waals surface area (Å²) in [6, 6.07) is 5.92. The number of carbonyl (C=O) groups is 1. The van der Waals surface area contributed by atoms with Crippen LogP contribution in [0.15, 0.2) is 28.7 Å². The minimum absolute atomic E-state index is 0.188. The predicted octanol–water partition coefficient (Wildman–Crippen LogP) is 4.10. The SMILES string of the molecule is O=C(c1cc2cccc(Cl)c2o1)C(F)(F)Cl. The Kier molecular flexibility index (Phi) is 2.64. The van der Waals surface area contributed by atoms with Crippen LogP contribution in [0.1, 0.15) is 10.6 Å². The van der Waals surface area contributed by atoms with Crippen molar-refractivity contribution in [2.24, 2.45) is 0 Å². The van der Waals surface area contributed by atoms with Gasteiger partial charge in [0.2, 0.25) is 0 Å². The number of Topliss-reactive ketones (excluding diaryl/α,β-unsaturated/α-hetero) is 1. The van der Waals surface area contributed by atoms with Crippen molar-refractivity contribution in [1.82, 2.24) is 0 Å². The molecule has 0 bridgehead atoms. The van der Waals surface area contributed by atoms with E-state index in [1.807, 2.05) is 0 Å². The maximum atomic E-state index is 12.6. The molecule has 2 aromatic rings. The number of hydrogen-bond acceptors (Lipinski definition) is 2. The van der Waals surface area contributed by atoms with Crippen LogP contribution in [-0.2, 0) is 0 Å². The Bertz CT molecular complexity index is 557. The first-order valence-electron chi connectivity index (χ1n) is 4.19. The third-order valence-corrected chi connectivity index (χ3v) is 2.45. The second-order valence-corrected chi connectivity index (χ2v) is 3.98. The second kappa shape index (κ2) is 3.71. The molecule has 0 atom stereocenters. The Hall–Kier alpha value is -1.13. The van der Waals surface area contributed by atoms with E-state index in [4.69, 9.17) is 16.0 Å². The molecule has 0 saturated heterocycles. The molecular weight excluding hydrogens is 261 g/mol. The number of rotatable bonds is 2. The summed E-state index contributed by atoms with van der Waals surface area (Å²) in [5, 5.41) is -3.26. The van der Waals surface area contributed by atoms with Gasteiger partial charge >= 0.3 is 5.38 Å². The zero-order valence-corrected chi connectivity index (χ0v) is 9.15. The predicted molar refractivity (Wildman–Crippen MR) is 56.4 cm³/mol. The van der Waals surface area contributed by atoms with Crippen molar-refractivity contribution in [3.05, 3.63) is 35.0 Å². The Balaban J connectivity index is 2.56. The van der Waals surface area contributed by atoms with Gasteiger partial charge in [0.25, 0.3) is 5.78 Å². The monoisotopic (exact) mass is 264 g/mol. The molecule has 0 amide bonds. The number of ketones is 1. The van der Waals surface area contributed by atoms with Gasteiger partial charge in [-0.2, -0.15) is 8.78 Å². The van der Waals surface area contributed by atoms with E-state index in [9.17, 15) is 13.6 Å². The van der Waals surface area contributed by atoms with Crippen LogP contribution in [0.5, 0.6) is 0 Å². The minimum atomic E-state index is -3.97. The molecule has 1 heterocycles. The van der Waals surface area contributed by atoms with Gasteiger partial charge in [-0.15, -0.1) is 0 Å². The highest BCUT2D eigenvalue weighted by atomic mass is 35.5. The molecule has 84 valence electrons. The van der Waals surface area contributed by atoms with E-state index in [1.165, 1.54) is 12.1 Å². The van der Waals surface area contributed by atoms with Gasteiger partial charge in [-0.25, -0.2) is 0 Å². The van der Waals surface area contributed by atoms with Crippen LogP contribution in [0, 0.1) is 0 Å². The molecule has 0 aliphatic heterocycles. The normalized spacial score (nSPS) is 12.0. The standard InChI is InChI=1S/C10H4Cl2F2O2/c11-6-3-1-2-5-4-7(16-8(5)6)9(15)10(12,13)14/h1-4H. The number of halogens is 4. The van der Waals surface area contributed by atoms with Crippen LogP contribution in [0.4, 0.5) is 8.78 Å². The van der Waals surface area contributed by atoms with E-state index in [-0.39, 0.29) is 10.6 Å². The molecule has 0 spiro atoms. The summed E-state index contributed by atoms with van der Waals surface area (Å²) >= 11 is 10.4. The second-order valence-electron chi connectivity index (χ2n) is 3.10. The molecule has 0 aliphatic carbocycles. The van der Waals surface area contributed by atoms with Gasteiger partial charge in [0.1, 0.15) is 0 Å². The number of carbonyl (C=O) groups excluding carboxylic acids is 1. The molecule has 0 fully saturated rings. The Labute approximate surface area is 98.7 Å². The zero-order chi connectivity index (χ0) is 11.9. The van der Waals surface area contributed by atoms with Crippen molar-refractivity contribution in [1.29, 1.82) is 0 Å². The third-order valence-electron chi connectivity index (χ3n) is 1.98. The molecule has 0 radical (unpaired) electrons. The van der Waals surface area contributed by atoms with Crippen molar-refractivity contribution in [3.8, 4) is 0 Å². The number of para-hydroxylation sites is 1. The Morgan fingerprint density at radius 3 is 2.62 bits per heavy atom. The van der Waals surface area contributed by atoms with Crippen LogP contribution >= 0.6 is 23.2 Å². The van der Waals surface area contributed by atoms with E-state index in [0.717, 1.165) is 0 Å². The number of benzene rings is 1. The molecule has 2 rings (SSSR count). The molecule has 2 nitrogen and oxygen atoms in total. The summed E-state index contributed by atoms with van der Waals surface area (Å²) in [6.07, 6.45) is 0. The van der Waals surface area contributed by atoms with Gasteiger partial charge in [0, 0.05) is 5.39 Å². The summed E-state index contributed by atoms with van der Waals surface area (Å²) in [6.45, 7) is 0. The number of fused-ring (bicyclic) bond motifs is 1. The highest BCUT2D eigenvalue weighted by Gasteiger charge is 2.39. The molecular formula is C10H4Cl2F2O2. The average Bonchev–Trinajstić information content (AvgIpc) is 2.60. The van der Waals surface area contributed by atoms with Gasteiger partial charge in [0.15, 0.2) is 11.3 Å². The quantitative estimate of drug-likeness (QED) is 0.604. The fourth-order valence-electron chi connectivity index (χ4n) is 1.28. The van der Waals surface area contributed by atoms with Crippen LogP contribution in [0.25, 0.3) is 11.0 Å². The van der Waals surface area contributed by atoms with Gasteiger partial charge in [-0.05, 0) is 23.7 Å². The average molecular weight is 265 g/mol. The minimum Gasteiger partial charge on any atom is -0.451 e. The molecule has 1 aromatic heterocycles. The van der Waals surface area contributed by atoms with E-state index in [1.54, 1.807) is 12.1 Å². The Morgan fingerprint density at radius 2 is 2.06 bits per heavy atom. The van der Waals surface area contributed by atoms with Gasteiger partial charge in [0.05, 0.1) is 5.02 Å². The van der Waals surface area contributed by atoms with Gasteiger partial charge < -0.3 is 4.42 Å². The third kappa shape index (κ3) is 1.90. The first-order chi connectivity index (χ1) is 7.39. The van der Waals surface area contributed by atoms with Crippen LogP contribution < -0.4 is 0 Å². The van der Waals surface area contributed by atoms with E-state index >= 15 is 0 Å². The number of hydrogen-bond donors (Lipinski definition) is 0. The van der Waals surface area contributed by atoms with Crippen molar-refractivity contribution in [2.45, 2.75) is 5.38 Å². The molecule has 0 aliphatic rings. The maximum Gasteiger partial charge on any atom is 0.388 e. The maximum absolute atomic E-state index is 12.6. The van der Waals surface area contributed by atoms with Crippen molar-refractivity contribution >= 4 is 40.0 Å². The number of furan rings is 1. The van der Waals surface area contributed by atoms with Crippen molar-refractivity contribution < 1.29 is 18.0 Å². The van der Waals surface area contributed by atoms with Crippen molar-refractivity contribution in [3.63, 3.8) is 0 Å². The van der Waals surface area contributed by atoms with Crippen LogP contribution in [0.2, 0.25) is 5.02 Å². The molecule has 6 heteroatoms. The Morgan fingerprint density at radius 1 is 1.38 bits per heavy atom. The van der Waals surface area contributed by atoms with E-state index in [2.05, 4.69) is 11.6 Å². The smallest absolute Gasteiger partial charge is 0.388 e. The first kappa shape index (κ1) is 11.4. The van der Waals surface area contributed by atoms with Gasteiger partial charge in [-0.3, -0.25) is 4.79 Å². The van der Waals surface area contributed by atoms with Crippen LogP contribution in [0.3, 0.4) is 0 Å². The lowest BCUT2D eigenvalue weighted by Crippen LogP contribution is -2.20. The molecule has 0 unspecified atom stereocenters. The van der Waals surface area contributed by atoms with E-state index in [0.29, 0.717) is 5.39 Å². The first-order valence-corrected chi connectivity index (χ1v) is 4.95. The lowest BCUT2D eigenvalue weighted by Gasteiger charge is -2.02.